The SMILES string of the molecule is O=C(O)C(Cl)CCNCc1ccccc1. The maximum atomic E-state index is 10.4. The average molecular weight is 228 g/mol. The van der Waals surface area contributed by atoms with E-state index in [0.29, 0.717) is 13.0 Å². The summed E-state index contributed by atoms with van der Waals surface area (Å²) in [6.45, 7) is 1.35. The quantitative estimate of drug-likeness (QED) is 0.576. The number of alkyl halides is 1. The van der Waals surface area contributed by atoms with Gasteiger partial charge in [-0.15, -0.1) is 11.6 Å². The maximum Gasteiger partial charge on any atom is 0.321 e. The third-order valence-corrected chi connectivity index (χ3v) is 2.42. The molecule has 0 spiro atoms. The number of nitrogens with one attached hydrogen (secondary N) is 1. The van der Waals surface area contributed by atoms with Gasteiger partial charge in [0, 0.05) is 6.54 Å². The van der Waals surface area contributed by atoms with Gasteiger partial charge in [-0.2, -0.15) is 0 Å². The second-order valence-corrected chi connectivity index (χ2v) is 3.78. The molecular formula is C11H14ClNO2. The first-order chi connectivity index (χ1) is 7.20. The van der Waals surface area contributed by atoms with Crippen LogP contribution >= 0.6 is 11.6 Å². The molecule has 82 valence electrons. The Labute approximate surface area is 94.1 Å². The highest BCUT2D eigenvalue weighted by Crippen LogP contribution is 2.01. The Morgan fingerprint density at radius 3 is 2.67 bits per heavy atom. The van der Waals surface area contributed by atoms with E-state index < -0.39 is 11.3 Å². The van der Waals surface area contributed by atoms with Crippen LogP contribution in [-0.4, -0.2) is 23.0 Å². The largest absolute Gasteiger partial charge is 0.480 e. The fourth-order valence-electron chi connectivity index (χ4n) is 1.18. The highest BCUT2D eigenvalue weighted by molar-refractivity contribution is 6.29. The molecule has 0 bridgehead atoms. The number of aliphatic carboxylic acids is 1. The van der Waals surface area contributed by atoms with Crippen LogP contribution in [0.4, 0.5) is 0 Å². The number of halogens is 1. The van der Waals surface area contributed by atoms with Crippen molar-refractivity contribution in [2.45, 2.75) is 18.3 Å². The van der Waals surface area contributed by atoms with Crippen LogP contribution in [0.3, 0.4) is 0 Å². The molecule has 0 radical (unpaired) electrons. The molecule has 1 aromatic rings. The average Bonchev–Trinajstić information content (AvgIpc) is 2.25. The molecule has 4 heteroatoms. The van der Waals surface area contributed by atoms with Crippen LogP contribution in [0.2, 0.25) is 0 Å². The van der Waals surface area contributed by atoms with E-state index in [0.717, 1.165) is 6.54 Å². The molecule has 0 aliphatic rings. The minimum Gasteiger partial charge on any atom is -0.480 e. The molecule has 0 saturated carbocycles. The van der Waals surface area contributed by atoms with Crippen molar-refractivity contribution in [1.29, 1.82) is 0 Å². The van der Waals surface area contributed by atoms with Crippen LogP contribution in [0.25, 0.3) is 0 Å². The zero-order valence-electron chi connectivity index (χ0n) is 8.32. The van der Waals surface area contributed by atoms with E-state index in [4.69, 9.17) is 16.7 Å². The van der Waals surface area contributed by atoms with Crippen LogP contribution in [0.5, 0.6) is 0 Å². The summed E-state index contributed by atoms with van der Waals surface area (Å²) in [7, 11) is 0. The monoisotopic (exact) mass is 227 g/mol. The summed E-state index contributed by atoms with van der Waals surface area (Å²) in [6.07, 6.45) is 0.434. The van der Waals surface area contributed by atoms with Crippen molar-refractivity contribution in [2.75, 3.05) is 6.54 Å². The summed E-state index contributed by atoms with van der Waals surface area (Å²) in [6, 6.07) is 9.94. The smallest absolute Gasteiger partial charge is 0.321 e. The molecule has 0 aliphatic carbocycles. The summed E-state index contributed by atoms with van der Waals surface area (Å²) in [4.78, 5) is 10.4. The van der Waals surface area contributed by atoms with Crippen LogP contribution in [0, 0.1) is 0 Å². The van der Waals surface area contributed by atoms with Gasteiger partial charge in [-0.1, -0.05) is 30.3 Å². The second kappa shape index (κ2) is 6.43. The molecule has 0 heterocycles. The molecule has 0 aromatic heterocycles. The van der Waals surface area contributed by atoms with E-state index in [9.17, 15) is 4.79 Å². The topological polar surface area (TPSA) is 49.3 Å². The first-order valence-corrected chi connectivity index (χ1v) is 5.25. The van der Waals surface area contributed by atoms with Gasteiger partial charge in [-0.05, 0) is 18.5 Å². The van der Waals surface area contributed by atoms with E-state index >= 15 is 0 Å². The Bertz CT molecular complexity index is 303. The summed E-state index contributed by atoms with van der Waals surface area (Å²) < 4.78 is 0. The van der Waals surface area contributed by atoms with Crippen molar-refractivity contribution in [2.24, 2.45) is 0 Å². The summed E-state index contributed by atoms with van der Waals surface area (Å²) in [5.41, 5.74) is 1.18. The fraction of sp³-hybridized carbons (Fsp3) is 0.364. The van der Waals surface area contributed by atoms with Gasteiger partial charge in [0.05, 0.1) is 0 Å². The van der Waals surface area contributed by atoms with E-state index in [1.54, 1.807) is 0 Å². The Morgan fingerprint density at radius 2 is 2.07 bits per heavy atom. The molecule has 1 atom stereocenters. The standard InChI is InChI=1S/C11H14ClNO2/c12-10(11(14)15)6-7-13-8-9-4-2-1-3-5-9/h1-5,10,13H,6-8H2,(H,14,15). The van der Waals surface area contributed by atoms with Gasteiger partial charge >= 0.3 is 5.97 Å². The Hall–Kier alpha value is -1.06. The fourth-order valence-corrected chi connectivity index (χ4v) is 1.29. The Balaban J connectivity index is 2.15. The summed E-state index contributed by atoms with van der Waals surface area (Å²) >= 11 is 5.56. The molecule has 0 amide bonds. The lowest BCUT2D eigenvalue weighted by atomic mass is 10.2. The van der Waals surface area contributed by atoms with E-state index in [2.05, 4.69) is 5.32 Å². The lowest BCUT2D eigenvalue weighted by Gasteiger charge is -2.06. The normalized spacial score (nSPS) is 12.3. The molecule has 1 unspecified atom stereocenters. The number of benzene rings is 1. The molecule has 0 fully saturated rings. The molecule has 1 aromatic carbocycles. The van der Waals surface area contributed by atoms with E-state index in [-0.39, 0.29) is 0 Å². The Morgan fingerprint density at radius 1 is 1.40 bits per heavy atom. The molecule has 1 rings (SSSR count). The van der Waals surface area contributed by atoms with Gasteiger partial charge in [0.25, 0.3) is 0 Å². The zero-order valence-corrected chi connectivity index (χ0v) is 9.07. The van der Waals surface area contributed by atoms with Gasteiger partial charge in [-0.3, -0.25) is 4.79 Å². The summed E-state index contributed by atoms with van der Waals surface area (Å²) in [5, 5.41) is 10.9. The van der Waals surface area contributed by atoms with Gasteiger partial charge < -0.3 is 10.4 Å². The highest BCUT2D eigenvalue weighted by atomic mass is 35.5. The molecular weight excluding hydrogens is 214 g/mol. The van der Waals surface area contributed by atoms with Crippen molar-refractivity contribution < 1.29 is 9.90 Å². The predicted octanol–water partition coefficient (Wildman–Crippen LogP) is 1.86. The lowest BCUT2D eigenvalue weighted by molar-refractivity contribution is -0.136. The van der Waals surface area contributed by atoms with Gasteiger partial charge in [-0.25, -0.2) is 0 Å². The lowest BCUT2D eigenvalue weighted by Crippen LogP contribution is -2.22. The van der Waals surface area contributed by atoms with Crippen LogP contribution in [-0.2, 0) is 11.3 Å². The third-order valence-electron chi connectivity index (χ3n) is 2.01. The van der Waals surface area contributed by atoms with E-state index in [1.165, 1.54) is 5.56 Å². The summed E-state index contributed by atoms with van der Waals surface area (Å²) in [5.74, 6) is -0.960. The molecule has 3 nitrogen and oxygen atoms in total. The minimum atomic E-state index is -0.960. The van der Waals surface area contributed by atoms with E-state index in [1.807, 2.05) is 30.3 Å². The Kier molecular flexibility index (Phi) is 5.15. The first kappa shape index (κ1) is 12.0. The number of hydrogen-bond acceptors (Lipinski definition) is 2. The van der Waals surface area contributed by atoms with Crippen molar-refractivity contribution in [1.82, 2.24) is 5.32 Å². The molecule has 0 aliphatic heterocycles. The van der Waals surface area contributed by atoms with Crippen LogP contribution in [0.1, 0.15) is 12.0 Å². The van der Waals surface area contributed by atoms with Crippen LogP contribution < -0.4 is 5.32 Å². The molecule has 0 saturated heterocycles. The minimum absolute atomic E-state index is 0.434. The van der Waals surface area contributed by atoms with Crippen molar-refractivity contribution >= 4 is 17.6 Å². The highest BCUT2D eigenvalue weighted by Gasteiger charge is 2.11. The predicted molar refractivity (Wildman–Crippen MR) is 60.0 cm³/mol. The van der Waals surface area contributed by atoms with Gasteiger partial charge in [0.1, 0.15) is 5.38 Å². The molecule has 15 heavy (non-hydrogen) atoms. The first-order valence-electron chi connectivity index (χ1n) is 4.81. The van der Waals surface area contributed by atoms with Crippen molar-refractivity contribution in [3.8, 4) is 0 Å². The number of hydrogen-bond donors (Lipinski definition) is 2. The number of carboxylic acid groups (broad SMARTS) is 1. The second-order valence-electron chi connectivity index (χ2n) is 3.26. The van der Waals surface area contributed by atoms with Gasteiger partial charge in [0.15, 0.2) is 0 Å². The maximum absolute atomic E-state index is 10.4. The van der Waals surface area contributed by atoms with Gasteiger partial charge in [0.2, 0.25) is 0 Å². The number of rotatable bonds is 6. The van der Waals surface area contributed by atoms with Crippen molar-refractivity contribution in [3.63, 3.8) is 0 Å². The molecule has 2 N–H and O–H groups in total. The zero-order chi connectivity index (χ0) is 11.1. The van der Waals surface area contributed by atoms with Crippen molar-refractivity contribution in [3.05, 3.63) is 35.9 Å². The third kappa shape index (κ3) is 4.81. The number of carboxylic acids is 1. The van der Waals surface area contributed by atoms with Crippen LogP contribution in [0.15, 0.2) is 30.3 Å². The number of carbonyl (C=O) groups is 1.